The average molecular weight is 253 g/mol. The Labute approximate surface area is 104 Å². The Morgan fingerprint density at radius 1 is 1.65 bits per heavy atom. The van der Waals surface area contributed by atoms with Crippen LogP contribution in [-0.4, -0.2) is 29.5 Å². The van der Waals surface area contributed by atoms with Gasteiger partial charge >= 0.3 is 5.97 Å². The van der Waals surface area contributed by atoms with Gasteiger partial charge in [0, 0.05) is 5.75 Å². The first-order valence-electron chi connectivity index (χ1n) is 5.54. The first-order valence-corrected chi connectivity index (χ1v) is 6.59. The monoisotopic (exact) mass is 253 g/mol. The number of benzene rings is 1. The number of esters is 1. The summed E-state index contributed by atoms with van der Waals surface area (Å²) in [6, 6.07) is 6.81. The van der Waals surface area contributed by atoms with Crippen LogP contribution in [-0.2, 0) is 9.53 Å². The largest absolute Gasteiger partial charge is 0.508 e. The molecule has 1 fully saturated rings. The number of ether oxygens (including phenoxy) is 1. The van der Waals surface area contributed by atoms with Gasteiger partial charge in [-0.15, -0.1) is 11.8 Å². The summed E-state index contributed by atoms with van der Waals surface area (Å²) < 4.78 is 4.97. The lowest BCUT2D eigenvalue weighted by atomic mass is 10.2. The standard InChI is InChI=1S/C12H15NO3S/c1-2-16-12(15)10-7-17-11(13-10)8-4-3-5-9(14)6-8/h3-6,10-11,13-14H,2,7H2,1H3/t10-,11-/m0/s1. The summed E-state index contributed by atoms with van der Waals surface area (Å²) in [5.74, 6) is 0.728. The van der Waals surface area contributed by atoms with Gasteiger partial charge in [-0.25, -0.2) is 0 Å². The summed E-state index contributed by atoms with van der Waals surface area (Å²) in [5.41, 5.74) is 0.974. The number of aromatic hydroxyl groups is 1. The van der Waals surface area contributed by atoms with E-state index >= 15 is 0 Å². The minimum atomic E-state index is -0.257. The van der Waals surface area contributed by atoms with Crippen LogP contribution in [0.3, 0.4) is 0 Å². The Morgan fingerprint density at radius 2 is 2.47 bits per heavy atom. The molecule has 0 aromatic heterocycles. The van der Waals surface area contributed by atoms with E-state index in [1.807, 2.05) is 6.07 Å². The quantitative estimate of drug-likeness (QED) is 0.802. The topological polar surface area (TPSA) is 58.6 Å². The van der Waals surface area contributed by atoms with E-state index in [4.69, 9.17) is 4.74 Å². The lowest BCUT2D eigenvalue weighted by molar-refractivity contribution is -0.144. The number of hydrogen-bond acceptors (Lipinski definition) is 5. The van der Waals surface area contributed by atoms with Gasteiger partial charge in [0.25, 0.3) is 0 Å². The van der Waals surface area contributed by atoms with Crippen LogP contribution in [0.25, 0.3) is 0 Å². The fourth-order valence-electron chi connectivity index (χ4n) is 1.73. The Morgan fingerprint density at radius 3 is 3.18 bits per heavy atom. The maximum Gasteiger partial charge on any atom is 0.324 e. The number of thioether (sulfide) groups is 1. The zero-order chi connectivity index (χ0) is 12.3. The second-order valence-electron chi connectivity index (χ2n) is 3.78. The highest BCUT2D eigenvalue weighted by molar-refractivity contribution is 7.99. The normalized spacial score (nSPS) is 23.6. The number of phenols is 1. The van der Waals surface area contributed by atoms with Gasteiger partial charge in [0.2, 0.25) is 0 Å². The van der Waals surface area contributed by atoms with Gasteiger partial charge in [0.05, 0.1) is 12.0 Å². The van der Waals surface area contributed by atoms with Crippen LogP contribution in [0.2, 0.25) is 0 Å². The predicted molar refractivity (Wildman–Crippen MR) is 66.9 cm³/mol. The minimum Gasteiger partial charge on any atom is -0.508 e. The lowest BCUT2D eigenvalue weighted by Gasteiger charge is -2.12. The van der Waals surface area contributed by atoms with Gasteiger partial charge in [0.1, 0.15) is 11.8 Å². The van der Waals surface area contributed by atoms with Gasteiger partial charge in [-0.1, -0.05) is 12.1 Å². The molecule has 1 saturated heterocycles. The van der Waals surface area contributed by atoms with Crippen LogP contribution in [0.5, 0.6) is 5.75 Å². The van der Waals surface area contributed by atoms with Gasteiger partial charge < -0.3 is 9.84 Å². The van der Waals surface area contributed by atoms with Crippen molar-refractivity contribution >= 4 is 17.7 Å². The van der Waals surface area contributed by atoms with Gasteiger partial charge in [-0.2, -0.15) is 0 Å². The van der Waals surface area contributed by atoms with Gasteiger partial charge in [-0.3, -0.25) is 10.1 Å². The summed E-state index contributed by atoms with van der Waals surface area (Å²) >= 11 is 1.64. The summed E-state index contributed by atoms with van der Waals surface area (Å²) in [6.07, 6.45) is 0. The molecule has 1 heterocycles. The predicted octanol–water partition coefficient (Wildman–Crippen LogP) is 1.66. The molecule has 1 aliphatic heterocycles. The van der Waals surface area contributed by atoms with E-state index in [0.717, 1.165) is 5.56 Å². The molecule has 4 nitrogen and oxygen atoms in total. The van der Waals surface area contributed by atoms with E-state index in [9.17, 15) is 9.90 Å². The third kappa shape index (κ3) is 2.92. The number of phenolic OH excluding ortho intramolecular Hbond substituents is 1. The third-order valence-electron chi connectivity index (χ3n) is 2.53. The maximum absolute atomic E-state index is 11.5. The summed E-state index contributed by atoms with van der Waals surface area (Å²) in [7, 11) is 0. The van der Waals surface area contributed by atoms with E-state index < -0.39 is 0 Å². The zero-order valence-electron chi connectivity index (χ0n) is 9.55. The highest BCUT2D eigenvalue weighted by Gasteiger charge is 2.31. The molecule has 2 atom stereocenters. The van der Waals surface area contributed by atoms with E-state index in [1.54, 1.807) is 36.9 Å². The minimum absolute atomic E-state index is 0.0384. The Bertz CT molecular complexity index is 410. The third-order valence-corrected chi connectivity index (χ3v) is 3.79. The molecular formula is C12H15NO3S. The molecule has 0 amide bonds. The maximum atomic E-state index is 11.5. The Hall–Kier alpha value is -1.20. The molecule has 1 aromatic rings. The first kappa shape index (κ1) is 12.3. The van der Waals surface area contributed by atoms with Crippen molar-refractivity contribution in [2.75, 3.05) is 12.4 Å². The lowest BCUT2D eigenvalue weighted by Crippen LogP contribution is -2.35. The van der Waals surface area contributed by atoms with Crippen molar-refractivity contribution in [1.82, 2.24) is 5.32 Å². The van der Waals surface area contributed by atoms with E-state index in [0.29, 0.717) is 12.4 Å². The fraction of sp³-hybridized carbons (Fsp3) is 0.417. The summed E-state index contributed by atoms with van der Waals surface area (Å²) in [4.78, 5) is 11.5. The van der Waals surface area contributed by atoms with Crippen LogP contribution in [0.1, 0.15) is 17.9 Å². The number of rotatable bonds is 3. The SMILES string of the molecule is CCOC(=O)[C@@H]1CS[C@@H](c2cccc(O)c2)N1. The molecule has 92 valence electrons. The van der Waals surface area contributed by atoms with Crippen molar-refractivity contribution < 1.29 is 14.6 Å². The zero-order valence-corrected chi connectivity index (χ0v) is 10.4. The van der Waals surface area contributed by atoms with Crippen molar-refractivity contribution in [2.24, 2.45) is 0 Å². The van der Waals surface area contributed by atoms with Crippen LogP contribution < -0.4 is 5.32 Å². The molecule has 0 radical (unpaired) electrons. The molecule has 5 heteroatoms. The average Bonchev–Trinajstić information content (AvgIpc) is 2.78. The van der Waals surface area contributed by atoms with Crippen LogP contribution in [0, 0.1) is 0 Å². The number of carbonyl (C=O) groups is 1. The Kier molecular flexibility index (Phi) is 3.91. The van der Waals surface area contributed by atoms with Crippen LogP contribution in [0.15, 0.2) is 24.3 Å². The highest BCUT2D eigenvalue weighted by atomic mass is 32.2. The van der Waals surface area contributed by atoms with E-state index in [1.165, 1.54) is 0 Å². The molecule has 0 bridgehead atoms. The highest BCUT2D eigenvalue weighted by Crippen LogP contribution is 2.34. The summed E-state index contributed by atoms with van der Waals surface area (Å²) in [5, 5.41) is 12.6. The molecule has 0 spiro atoms. The van der Waals surface area contributed by atoms with Crippen molar-refractivity contribution in [2.45, 2.75) is 18.3 Å². The van der Waals surface area contributed by atoms with Crippen molar-refractivity contribution in [3.8, 4) is 5.75 Å². The second kappa shape index (κ2) is 5.42. The van der Waals surface area contributed by atoms with Gasteiger partial charge in [0.15, 0.2) is 0 Å². The molecule has 0 unspecified atom stereocenters. The molecule has 1 aromatic carbocycles. The molecular weight excluding hydrogens is 238 g/mol. The molecule has 17 heavy (non-hydrogen) atoms. The van der Waals surface area contributed by atoms with Crippen molar-refractivity contribution in [3.63, 3.8) is 0 Å². The number of nitrogens with one attached hydrogen (secondary N) is 1. The fourth-order valence-corrected chi connectivity index (χ4v) is 2.95. The Balaban J connectivity index is 2.00. The molecule has 2 N–H and O–H groups in total. The van der Waals surface area contributed by atoms with Crippen LogP contribution >= 0.6 is 11.8 Å². The van der Waals surface area contributed by atoms with Crippen molar-refractivity contribution in [3.05, 3.63) is 29.8 Å². The van der Waals surface area contributed by atoms with Gasteiger partial charge in [-0.05, 0) is 24.6 Å². The van der Waals surface area contributed by atoms with E-state index in [2.05, 4.69) is 5.32 Å². The number of hydrogen-bond donors (Lipinski definition) is 2. The molecule has 0 aliphatic carbocycles. The van der Waals surface area contributed by atoms with Crippen LogP contribution in [0.4, 0.5) is 0 Å². The smallest absolute Gasteiger partial charge is 0.324 e. The second-order valence-corrected chi connectivity index (χ2v) is 4.92. The van der Waals surface area contributed by atoms with E-state index in [-0.39, 0.29) is 23.1 Å². The molecule has 2 rings (SSSR count). The molecule has 1 aliphatic rings. The van der Waals surface area contributed by atoms with Crippen molar-refractivity contribution in [1.29, 1.82) is 0 Å². The number of carbonyl (C=O) groups excluding carboxylic acids is 1. The summed E-state index contributed by atoms with van der Waals surface area (Å²) in [6.45, 7) is 2.20. The first-order chi connectivity index (χ1) is 8.20. The molecule has 0 saturated carbocycles.